The van der Waals surface area contributed by atoms with Gasteiger partial charge in [0, 0.05) is 0 Å². The van der Waals surface area contributed by atoms with E-state index in [1.807, 2.05) is 0 Å². The van der Waals surface area contributed by atoms with Crippen molar-refractivity contribution in [1.29, 1.82) is 0 Å². The van der Waals surface area contributed by atoms with Crippen LogP contribution in [-0.2, 0) is 27.5 Å². The van der Waals surface area contributed by atoms with Crippen LogP contribution in [0.15, 0.2) is 0 Å². The Kier molecular flexibility index (Phi) is 16.7. The molecule has 0 aliphatic carbocycles. The minimum atomic E-state index is -3.29. The molecule has 0 atom stereocenters. The average molecular weight is 273 g/mol. The van der Waals surface area contributed by atoms with Gasteiger partial charge in [0.15, 0.2) is 0 Å². The van der Waals surface area contributed by atoms with Gasteiger partial charge in [-0.3, -0.25) is 0 Å². The molecule has 0 fully saturated rings. The van der Waals surface area contributed by atoms with Gasteiger partial charge in [0.05, 0.1) is 0 Å². The summed E-state index contributed by atoms with van der Waals surface area (Å²) >= 11 is -2.56. The third kappa shape index (κ3) is 54.1. The second-order valence-electron chi connectivity index (χ2n) is 0.231. The summed E-state index contributed by atoms with van der Waals surface area (Å²) in [5, 5.41) is 0. The Morgan fingerprint density at radius 3 is 1.50 bits per heavy atom. The first-order chi connectivity index (χ1) is 2.73. The fourth-order valence-electron chi connectivity index (χ4n) is 0. The van der Waals surface area contributed by atoms with Crippen molar-refractivity contribution in [3.05, 3.63) is 0 Å². The first-order valence-corrected chi connectivity index (χ1v) is 8.57. The molecule has 6 heavy (non-hydrogen) atoms. The molecule has 0 saturated carbocycles. The molecular weight excluding hydrogens is 271 g/mol. The van der Waals surface area contributed by atoms with Crippen molar-refractivity contribution in [1.82, 2.24) is 0 Å². The Hall–Kier alpha value is 1.38. The zero-order valence-electron chi connectivity index (χ0n) is 2.83. The SMILES string of the molecule is O=[Se](O)O.[S]=[Cd]. The van der Waals surface area contributed by atoms with E-state index < -0.39 is 14.5 Å². The molecule has 0 aliphatic heterocycles. The van der Waals surface area contributed by atoms with Crippen molar-refractivity contribution >= 4 is 23.1 Å². The summed E-state index contributed by atoms with van der Waals surface area (Å²) in [5.41, 5.74) is 0. The zero-order valence-corrected chi connectivity index (χ0v) is 9.39. The topological polar surface area (TPSA) is 57.5 Å². The van der Waals surface area contributed by atoms with Crippen LogP contribution in [0.2, 0.25) is 0 Å². The summed E-state index contributed by atoms with van der Waals surface area (Å²) in [5.74, 6) is 0. The van der Waals surface area contributed by atoms with Crippen molar-refractivity contribution < 1.29 is 35.9 Å². The van der Waals surface area contributed by atoms with Crippen LogP contribution in [0.1, 0.15) is 0 Å². The predicted octanol–water partition coefficient (Wildman–Crippen LogP) is -0.968. The van der Waals surface area contributed by atoms with Crippen LogP contribution in [0.25, 0.3) is 0 Å². The van der Waals surface area contributed by atoms with E-state index in [9.17, 15) is 0 Å². The Balaban J connectivity index is 0. The zero-order chi connectivity index (χ0) is 5.58. The molecule has 0 heterocycles. The molecule has 3 nitrogen and oxygen atoms in total. The molecule has 2 N–H and O–H groups in total. The molecule has 0 radical (unpaired) electrons. The summed E-state index contributed by atoms with van der Waals surface area (Å²) in [4.78, 5) is 0. The molecule has 0 amide bonds. The molecule has 0 rings (SSSR count). The van der Waals surface area contributed by atoms with Gasteiger partial charge >= 0.3 is 59.0 Å². The molecular formula is H2CdO3SSe. The normalized spacial score (nSPS) is 6.83. The summed E-state index contributed by atoms with van der Waals surface area (Å²) < 4.78 is 23.1. The molecule has 0 aliphatic rings. The molecule has 0 spiro atoms. The molecule has 0 aromatic carbocycles. The van der Waals surface area contributed by atoms with E-state index in [0.29, 0.717) is 0 Å². The predicted molar refractivity (Wildman–Crippen MR) is 18.5 cm³/mol. The third-order valence-electron chi connectivity index (χ3n) is 0. The van der Waals surface area contributed by atoms with Gasteiger partial charge < -0.3 is 0 Å². The second-order valence-corrected chi connectivity index (χ2v) is 1.20. The Labute approximate surface area is 58.6 Å². The van der Waals surface area contributed by atoms with Crippen molar-refractivity contribution in [3.63, 3.8) is 0 Å². The van der Waals surface area contributed by atoms with Crippen LogP contribution in [0.4, 0.5) is 0 Å². The van der Waals surface area contributed by atoms with Crippen LogP contribution in [-0.4, -0.2) is 22.9 Å². The van der Waals surface area contributed by atoms with Crippen molar-refractivity contribution in [3.8, 4) is 0 Å². The van der Waals surface area contributed by atoms with Gasteiger partial charge in [0.25, 0.3) is 0 Å². The van der Waals surface area contributed by atoms with Crippen LogP contribution in [0.5, 0.6) is 0 Å². The molecule has 0 unspecified atom stereocenters. The first-order valence-electron chi connectivity index (χ1n) is 0.820. The van der Waals surface area contributed by atoms with Crippen molar-refractivity contribution in [2.45, 2.75) is 0 Å². The standard InChI is InChI=1S/Cd.H2O3Se.S/c;1-4(2)3;/h;(H2,1,2,3);. The number of rotatable bonds is 0. The summed E-state index contributed by atoms with van der Waals surface area (Å²) in [6.07, 6.45) is 0. The van der Waals surface area contributed by atoms with E-state index in [4.69, 9.17) is 12.2 Å². The van der Waals surface area contributed by atoms with Gasteiger partial charge in [-0.25, -0.2) is 0 Å². The van der Waals surface area contributed by atoms with Gasteiger partial charge in [-0.05, 0) is 0 Å². The fraction of sp³-hybridized carbons (Fsp3) is 0. The van der Waals surface area contributed by atoms with Gasteiger partial charge in [-0.1, -0.05) is 0 Å². The van der Waals surface area contributed by atoms with Gasteiger partial charge in [-0.2, -0.15) is 0 Å². The van der Waals surface area contributed by atoms with E-state index in [0.717, 1.165) is 23.7 Å². The second kappa shape index (κ2) is 9.63. The first kappa shape index (κ1) is 10.4. The summed E-state index contributed by atoms with van der Waals surface area (Å²) in [7, 11) is 4.25. The van der Waals surface area contributed by atoms with Crippen LogP contribution >= 0.6 is 8.65 Å². The van der Waals surface area contributed by atoms with Gasteiger partial charge in [0.2, 0.25) is 0 Å². The van der Waals surface area contributed by atoms with Crippen LogP contribution in [0, 0.1) is 0 Å². The van der Waals surface area contributed by atoms with E-state index in [-0.39, 0.29) is 0 Å². The van der Waals surface area contributed by atoms with Crippen LogP contribution < -0.4 is 0 Å². The Morgan fingerprint density at radius 2 is 1.50 bits per heavy atom. The fourth-order valence-corrected chi connectivity index (χ4v) is 0. The Bertz CT molecular complexity index is 42.1. The summed E-state index contributed by atoms with van der Waals surface area (Å²) in [6.45, 7) is 0. The molecule has 0 bridgehead atoms. The maximum atomic E-state index is 8.76. The number of hydrogen-bond donors (Lipinski definition) is 2. The summed E-state index contributed by atoms with van der Waals surface area (Å²) in [6, 6.07) is 0. The van der Waals surface area contributed by atoms with E-state index in [2.05, 4.69) is 8.65 Å². The van der Waals surface area contributed by atoms with E-state index in [1.165, 1.54) is 0 Å². The van der Waals surface area contributed by atoms with E-state index >= 15 is 0 Å². The molecule has 6 heteroatoms. The van der Waals surface area contributed by atoms with Crippen molar-refractivity contribution in [2.24, 2.45) is 0 Å². The molecule has 34 valence electrons. The Morgan fingerprint density at radius 1 is 1.50 bits per heavy atom. The van der Waals surface area contributed by atoms with Gasteiger partial charge in [0.1, 0.15) is 0 Å². The molecule has 0 aromatic rings. The van der Waals surface area contributed by atoms with Crippen LogP contribution in [0.3, 0.4) is 0 Å². The van der Waals surface area contributed by atoms with Crippen molar-refractivity contribution in [2.75, 3.05) is 0 Å². The quantitative estimate of drug-likeness (QED) is 0.558. The van der Waals surface area contributed by atoms with E-state index in [1.54, 1.807) is 0 Å². The minimum absolute atomic E-state index is 0.733. The molecule has 0 aromatic heterocycles. The molecule has 0 saturated heterocycles. The maximum absolute atomic E-state index is 8.76. The average Bonchev–Trinajstić information content (AvgIpc) is 1.41. The monoisotopic (exact) mass is 276 g/mol. The third-order valence-corrected chi connectivity index (χ3v) is 0. The van der Waals surface area contributed by atoms with Gasteiger partial charge in [-0.15, -0.1) is 0 Å². The number of hydrogen-bond acceptors (Lipinski definition) is 2.